The molecule has 3 rings (SSSR count). The van der Waals surface area contributed by atoms with Gasteiger partial charge in [-0.05, 0) is 55.2 Å². The molecule has 31 heavy (non-hydrogen) atoms. The van der Waals surface area contributed by atoms with Crippen LogP contribution in [0.2, 0.25) is 5.02 Å². The number of rotatable bonds is 8. The third-order valence-electron chi connectivity index (χ3n) is 5.88. The molecule has 1 fully saturated rings. The zero-order valence-electron chi connectivity index (χ0n) is 18.3. The lowest BCUT2D eigenvalue weighted by molar-refractivity contribution is -0.140. The number of methoxy groups -OCH3 is 1. The Balaban J connectivity index is 1.75. The number of carbonyl (C=O) groups is 2. The van der Waals surface area contributed by atoms with Gasteiger partial charge in [0.2, 0.25) is 11.8 Å². The molecule has 1 aliphatic carbocycles. The van der Waals surface area contributed by atoms with Gasteiger partial charge in [0.05, 0.1) is 13.5 Å². The molecule has 0 unspecified atom stereocenters. The van der Waals surface area contributed by atoms with Crippen LogP contribution in [0.1, 0.15) is 50.2 Å². The first-order chi connectivity index (χ1) is 15.0. The van der Waals surface area contributed by atoms with E-state index in [4.69, 9.17) is 16.3 Å². The quantitative estimate of drug-likeness (QED) is 0.641. The number of halogens is 1. The van der Waals surface area contributed by atoms with E-state index in [-0.39, 0.29) is 24.3 Å². The van der Waals surface area contributed by atoms with Crippen molar-refractivity contribution in [2.45, 2.75) is 64.1 Å². The molecule has 1 saturated carbocycles. The fraction of sp³-hybridized carbons (Fsp3) is 0.440. The Morgan fingerprint density at radius 3 is 2.45 bits per heavy atom. The van der Waals surface area contributed by atoms with E-state index in [9.17, 15) is 9.59 Å². The molecule has 1 atom stereocenters. The minimum atomic E-state index is -0.573. The molecule has 166 valence electrons. The van der Waals surface area contributed by atoms with E-state index in [1.165, 1.54) is 6.42 Å². The van der Waals surface area contributed by atoms with Crippen molar-refractivity contribution < 1.29 is 14.3 Å². The average Bonchev–Trinajstić information content (AvgIpc) is 2.78. The maximum absolute atomic E-state index is 13.3. The van der Waals surface area contributed by atoms with Crippen LogP contribution in [0.4, 0.5) is 0 Å². The van der Waals surface area contributed by atoms with Crippen molar-refractivity contribution in [2.75, 3.05) is 7.11 Å². The first-order valence-electron chi connectivity index (χ1n) is 10.9. The van der Waals surface area contributed by atoms with Gasteiger partial charge >= 0.3 is 0 Å². The van der Waals surface area contributed by atoms with Crippen LogP contribution in [0.15, 0.2) is 48.5 Å². The zero-order chi connectivity index (χ0) is 22.2. The van der Waals surface area contributed by atoms with Gasteiger partial charge in [-0.2, -0.15) is 0 Å². The normalized spacial score (nSPS) is 15.2. The molecule has 0 aliphatic heterocycles. The summed E-state index contributed by atoms with van der Waals surface area (Å²) in [5, 5.41) is 3.75. The SMILES string of the molecule is COc1ccc(CN(C(=O)Cc2cccc(Cl)c2)[C@@H](C)C(=O)NC2CCCCC2)cc1. The van der Waals surface area contributed by atoms with Crippen molar-refractivity contribution in [1.29, 1.82) is 0 Å². The van der Waals surface area contributed by atoms with E-state index >= 15 is 0 Å². The van der Waals surface area contributed by atoms with Gasteiger partial charge in [0.15, 0.2) is 0 Å². The molecule has 0 heterocycles. The number of nitrogens with zero attached hydrogens (tertiary/aromatic N) is 1. The van der Waals surface area contributed by atoms with Crippen molar-refractivity contribution >= 4 is 23.4 Å². The average molecular weight is 443 g/mol. The molecule has 0 bridgehead atoms. The minimum Gasteiger partial charge on any atom is -0.497 e. The van der Waals surface area contributed by atoms with Crippen molar-refractivity contribution in [3.8, 4) is 5.75 Å². The van der Waals surface area contributed by atoms with Crippen LogP contribution in [0.5, 0.6) is 5.75 Å². The summed E-state index contributed by atoms with van der Waals surface area (Å²) in [6.07, 6.45) is 5.72. The second kappa shape index (κ2) is 11.2. The number of benzene rings is 2. The Kier molecular flexibility index (Phi) is 8.35. The Morgan fingerprint density at radius 2 is 1.81 bits per heavy atom. The van der Waals surface area contributed by atoms with Gasteiger partial charge < -0.3 is 15.0 Å². The summed E-state index contributed by atoms with van der Waals surface area (Å²) in [6, 6.07) is 14.5. The fourth-order valence-electron chi connectivity index (χ4n) is 4.00. The Morgan fingerprint density at radius 1 is 1.10 bits per heavy atom. The van der Waals surface area contributed by atoms with Crippen LogP contribution in [-0.4, -0.2) is 35.9 Å². The number of amides is 2. The number of ether oxygens (including phenoxy) is 1. The highest BCUT2D eigenvalue weighted by Gasteiger charge is 2.28. The summed E-state index contributed by atoms with van der Waals surface area (Å²) in [5.74, 6) is 0.549. The molecular weight excluding hydrogens is 412 g/mol. The zero-order valence-corrected chi connectivity index (χ0v) is 19.0. The first-order valence-corrected chi connectivity index (χ1v) is 11.3. The maximum atomic E-state index is 13.3. The van der Waals surface area contributed by atoms with Gasteiger partial charge in [-0.15, -0.1) is 0 Å². The third kappa shape index (κ3) is 6.73. The number of carbonyl (C=O) groups excluding carboxylic acids is 2. The summed E-state index contributed by atoms with van der Waals surface area (Å²) in [6.45, 7) is 2.15. The van der Waals surface area contributed by atoms with Crippen molar-refractivity contribution in [3.05, 3.63) is 64.7 Å². The molecule has 2 aromatic carbocycles. The van der Waals surface area contributed by atoms with Gasteiger partial charge in [0.1, 0.15) is 11.8 Å². The molecule has 2 aromatic rings. The third-order valence-corrected chi connectivity index (χ3v) is 6.11. The van der Waals surface area contributed by atoms with Gasteiger partial charge in [-0.1, -0.05) is 55.1 Å². The predicted molar refractivity (Wildman–Crippen MR) is 123 cm³/mol. The molecule has 2 amide bonds. The van der Waals surface area contributed by atoms with Crippen molar-refractivity contribution in [1.82, 2.24) is 10.2 Å². The van der Waals surface area contributed by atoms with Crippen LogP contribution in [0.25, 0.3) is 0 Å². The molecule has 5 nitrogen and oxygen atoms in total. The largest absolute Gasteiger partial charge is 0.497 e. The Labute approximate surface area is 189 Å². The molecule has 1 N–H and O–H groups in total. The van der Waals surface area contributed by atoms with E-state index in [0.717, 1.165) is 42.6 Å². The van der Waals surface area contributed by atoms with Crippen LogP contribution < -0.4 is 10.1 Å². The topological polar surface area (TPSA) is 58.6 Å². The summed E-state index contributed by atoms with van der Waals surface area (Å²) < 4.78 is 5.22. The summed E-state index contributed by atoms with van der Waals surface area (Å²) in [5.41, 5.74) is 1.77. The summed E-state index contributed by atoms with van der Waals surface area (Å²) in [4.78, 5) is 27.9. The molecule has 6 heteroatoms. The lowest BCUT2D eigenvalue weighted by Gasteiger charge is -2.31. The summed E-state index contributed by atoms with van der Waals surface area (Å²) >= 11 is 6.09. The van der Waals surface area contributed by atoms with E-state index < -0.39 is 6.04 Å². The van der Waals surface area contributed by atoms with E-state index in [1.807, 2.05) is 36.4 Å². The highest BCUT2D eigenvalue weighted by atomic mass is 35.5. The molecule has 0 aromatic heterocycles. The van der Waals surface area contributed by atoms with Crippen molar-refractivity contribution in [2.24, 2.45) is 0 Å². The highest BCUT2D eigenvalue weighted by Crippen LogP contribution is 2.20. The van der Waals surface area contributed by atoms with Gasteiger partial charge in [-0.25, -0.2) is 0 Å². The molecule has 0 radical (unpaired) electrons. The lowest BCUT2D eigenvalue weighted by atomic mass is 9.95. The molecular formula is C25H31ClN2O3. The Bertz CT molecular complexity index is 879. The van der Waals surface area contributed by atoms with Gasteiger partial charge in [0.25, 0.3) is 0 Å². The molecule has 1 aliphatic rings. The second-order valence-electron chi connectivity index (χ2n) is 8.20. The van der Waals surface area contributed by atoms with Gasteiger partial charge in [-0.3, -0.25) is 9.59 Å². The minimum absolute atomic E-state index is 0.0974. The van der Waals surface area contributed by atoms with Crippen molar-refractivity contribution in [3.63, 3.8) is 0 Å². The number of hydrogen-bond acceptors (Lipinski definition) is 3. The predicted octanol–water partition coefficient (Wildman–Crippen LogP) is 4.76. The standard InChI is InChI=1S/C25H31ClN2O3/c1-18(25(30)27-22-9-4-3-5-10-22)28(17-19-11-13-23(31-2)14-12-19)24(29)16-20-7-6-8-21(26)15-20/h6-8,11-15,18,22H,3-5,9-10,16-17H2,1-2H3,(H,27,30)/t18-/m0/s1. The monoisotopic (exact) mass is 442 g/mol. The van der Waals surface area contributed by atoms with E-state index in [0.29, 0.717) is 11.6 Å². The van der Waals surface area contributed by atoms with Crippen LogP contribution >= 0.6 is 11.6 Å². The van der Waals surface area contributed by atoms with Crippen LogP contribution in [-0.2, 0) is 22.6 Å². The lowest BCUT2D eigenvalue weighted by Crippen LogP contribution is -2.50. The van der Waals surface area contributed by atoms with Gasteiger partial charge in [0, 0.05) is 17.6 Å². The highest BCUT2D eigenvalue weighted by molar-refractivity contribution is 6.30. The Hall–Kier alpha value is -2.53. The second-order valence-corrected chi connectivity index (χ2v) is 8.63. The molecule has 0 saturated heterocycles. The van der Waals surface area contributed by atoms with Crippen LogP contribution in [0, 0.1) is 0 Å². The smallest absolute Gasteiger partial charge is 0.242 e. The van der Waals surface area contributed by atoms with Crippen LogP contribution in [0.3, 0.4) is 0 Å². The van der Waals surface area contributed by atoms with E-state index in [1.54, 1.807) is 31.1 Å². The summed E-state index contributed by atoms with van der Waals surface area (Å²) in [7, 11) is 1.62. The fourth-order valence-corrected chi connectivity index (χ4v) is 4.21. The first kappa shape index (κ1) is 23.1. The molecule has 0 spiro atoms. The number of hydrogen-bond donors (Lipinski definition) is 1. The van der Waals surface area contributed by atoms with E-state index in [2.05, 4.69) is 5.32 Å². The maximum Gasteiger partial charge on any atom is 0.242 e. The number of nitrogens with one attached hydrogen (secondary N) is 1.